The molecule has 0 aliphatic carbocycles. The fourth-order valence-electron chi connectivity index (χ4n) is 4.76. The Morgan fingerprint density at radius 3 is 0.932 bits per heavy atom. The molecule has 202 valence electrons. The number of rotatable bonds is 0. The molecule has 0 amide bonds. The second kappa shape index (κ2) is 12.6. The van der Waals surface area contributed by atoms with Crippen LogP contribution in [0.1, 0.15) is 43.1 Å². The molecule has 7 rings (SSSR count). The van der Waals surface area contributed by atoms with Crippen molar-refractivity contribution in [3.63, 3.8) is 0 Å². The standard InChI is InChI=1S/C42H22S2/c1-5-13-31(14-6-1)21-25-35-29-39-37(27-23-33-17-9-3-10-18-33)42-40(30-36(44-42)26-22-32-15-7-2-8-16-32)38(41(39)43-35)28-24-34-19-11-4-12-20-34/h1-20,29-30H. The average molecular weight is 591 g/mol. The highest BCUT2D eigenvalue weighted by Gasteiger charge is 2.18. The molecule has 2 heterocycles. The van der Waals surface area contributed by atoms with Crippen LogP contribution in [0.25, 0.3) is 20.2 Å². The first-order chi connectivity index (χ1) is 21.8. The van der Waals surface area contributed by atoms with Crippen molar-refractivity contribution in [3.05, 3.63) is 177 Å². The van der Waals surface area contributed by atoms with Crippen molar-refractivity contribution in [3.8, 4) is 47.4 Å². The number of hydrogen-bond donors (Lipinski definition) is 0. The first-order valence-corrected chi connectivity index (χ1v) is 15.7. The minimum atomic E-state index is 0.974. The van der Waals surface area contributed by atoms with Gasteiger partial charge in [-0.1, -0.05) is 120 Å². The third-order valence-electron chi connectivity index (χ3n) is 6.88. The van der Waals surface area contributed by atoms with E-state index in [0.717, 1.165) is 63.3 Å². The van der Waals surface area contributed by atoms with Gasteiger partial charge in [0.05, 0.1) is 30.3 Å². The van der Waals surface area contributed by atoms with E-state index >= 15 is 0 Å². The first-order valence-electron chi connectivity index (χ1n) is 14.1. The zero-order chi connectivity index (χ0) is 29.6. The maximum Gasteiger partial charge on any atom is 0.0785 e. The molecule has 2 heteroatoms. The summed E-state index contributed by atoms with van der Waals surface area (Å²) in [6.45, 7) is 0. The van der Waals surface area contributed by atoms with E-state index in [1.807, 2.05) is 121 Å². The van der Waals surface area contributed by atoms with Gasteiger partial charge in [0.2, 0.25) is 0 Å². The quantitative estimate of drug-likeness (QED) is 0.154. The highest BCUT2D eigenvalue weighted by Crippen LogP contribution is 2.41. The van der Waals surface area contributed by atoms with Gasteiger partial charge in [-0.25, -0.2) is 0 Å². The Kier molecular flexibility index (Phi) is 7.79. The van der Waals surface area contributed by atoms with Crippen LogP contribution in [0.4, 0.5) is 0 Å². The molecule has 0 unspecified atom stereocenters. The van der Waals surface area contributed by atoms with Crippen molar-refractivity contribution in [2.75, 3.05) is 0 Å². The second-order valence-corrected chi connectivity index (χ2v) is 12.0. The summed E-state index contributed by atoms with van der Waals surface area (Å²) in [7, 11) is 0. The SMILES string of the molecule is C(#Cc1cc2c(C#Cc3ccccc3)c3sc(C#Cc4ccccc4)cc3c(C#Cc3ccccc3)c2s1)c1ccccc1. The summed E-state index contributed by atoms with van der Waals surface area (Å²) in [6.07, 6.45) is 0. The summed E-state index contributed by atoms with van der Waals surface area (Å²) < 4.78 is 2.19. The summed E-state index contributed by atoms with van der Waals surface area (Å²) in [5.74, 6) is 27.4. The highest BCUT2D eigenvalue weighted by molar-refractivity contribution is 7.21. The zero-order valence-corrected chi connectivity index (χ0v) is 25.2. The zero-order valence-electron chi connectivity index (χ0n) is 23.5. The van der Waals surface area contributed by atoms with Gasteiger partial charge in [0.15, 0.2) is 0 Å². The summed E-state index contributed by atoms with van der Waals surface area (Å²) in [5, 5.41) is 2.15. The summed E-state index contributed by atoms with van der Waals surface area (Å²) in [5.41, 5.74) is 5.90. The van der Waals surface area contributed by atoms with Gasteiger partial charge in [-0.3, -0.25) is 0 Å². The van der Waals surface area contributed by atoms with Crippen LogP contribution in [0.15, 0.2) is 133 Å². The number of hydrogen-bond acceptors (Lipinski definition) is 2. The van der Waals surface area contributed by atoms with Crippen molar-refractivity contribution in [2.24, 2.45) is 0 Å². The maximum absolute atomic E-state index is 3.54. The summed E-state index contributed by atoms with van der Waals surface area (Å²) in [4.78, 5) is 1.97. The lowest BCUT2D eigenvalue weighted by Crippen LogP contribution is -1.84. The normalized spacial score (nSPS) is 10.0. The number of benzene rings is 5. The molecular weight excluding hydrogens is 569 g/mol. The molecule has 0 atom stereocenters. The molecular formula is C42H22S2. The number of thiophene rings is 2. The van der Waals surface area contributed by atoms with Crippen molar-refractivity contribution in [1.29, 1.82) is 0 Å². The smallest absolute Gasteiger partial charge is 0.0785 e. The molecule has 2 aromatic heterocycles. The molecule has 0 nitrogen and oxygen atoms in total. The molecule has 0 N–H and O–H groups in total. The van der Waals surface area contributed by atoms with Gasteiger partial charge >= 0.3 is 0 Å². The monoisotopic (exact) mass is 590 g/mol. The molecule has 0 saturated heterocycles. The predicted octanol–water partition coefficient (Wildman–Crippen LogP) is 9.72. The lowest BCUT2D eigenvalue weighted by Gasteiger charge is -2.03. The number of fused-ring (bicyclic) bond motifs is 2. The van der Waals surface area contributed by atoms with Gasteiger partial charge in [-0.05, 0) is 60.7 Å². The van der Waals surface area contributed by atoms with Gasteiger partial charge in [-0.2, -0.15) is 0 Å². The average Bonchev–Trinajstić information content (AvgIpc) is 3.71. The lowest BCUT2D eigenvalue weighted by atomic mass is 10.0. The molecule has 0 saturated carbocycles. The van der Waals surface area contributed by atoms with Crippen LogP contribution in [-0.4, -0.2) is 0 Å². The molecule has 5 aromatic carbocycles. The van der Waals surface area contributed by atoms with E-state index in [1.54, 1.807) is 22.7 Å². The predicted molar refractivity (Wildman–Crippen MR) is 187 cm³/mol. The topological polar surface area (TPSA) is 0 Å². The first kappa shape index (κ1) is 27.1. The maximum atomic E-state index is 3.54. The van der Waals surface area contributed by atoms with Crippen molar-refractivity contribution >= 4 is 42.8 Å². The largest absolute Gasteiger partial charge is 0.125 e. The highest BCUT2D eigenvalue weighted by atomic mass is 32.1. The van der Waals surface area contributed by atoms with Crippen molar-refractivity contribution in [1.82, 2.24) is 0 Å². The van der Waals surface area contributed by atoms with Gasteiger partial charge in [0, 0.05) is 33.0 Å². The van der Waals surface area contributed by atoms with Crippen LogP contribution < -0.4 is 0 Å². The third kappa shape index (κ3) is 6.06. The molecule has 0 spiro atoms. The second-order valence-electron chi connectivity index (χ2n) is 9.92. The molecule has 0 bridgehead atoms. The van der Waals surface area contributed by atoms with Crippen LogP contribution in [0, 0.1) is 47.4 Å². The molecule has 0 aliphatic rings. The molecule has 7 aromatic rings. The van der Waals surface area contributed by atoms with E-state index in [1.165, 1.54) is 0 Å². The van der Waals surface area contributed by atoms with Crippen LogP contribution in [0.2, 0.25) is 0 Å². The van der Waals surface area contributed by atoms with Crippen LogP contribution >= 0.6 is 22.7 Å². The molecule has 0 fully saturated rings. The minimum Gasteiger partial charge on any atom is -0.125 e. The Bertz CT molecular complexity index is 2140. The van der Waals surface area contributed by atoms with Gasteiger partial charge < -0.3 is 0 Å². The van der Waals surface area contributed by atoms with Gasteiger partial charge in [0.1, 0.15) is 0 Å². The van der Waals surface area contributed by atoms with Gasteiger partial charge in [0.25, 0.3) is 0 Å². The summed E-state index contributed by atoms with van der Waals surface area (Å²) >= 11 is 3.35. The summed E-state index contributed by atoms with van der Waals surface area (Å²) in [6, 6.07) is 44.7. The van der Waals surface area contributed by atoms with Crippen LogP contribution in [0.3, 0.4) is 0 Å². The Morgan fingerprint density at radius 2 is 0.614 bits per heavy atom. The molecule has 44 heavy (non-hydrogen) atoms. The van der Waals surface area contributed by atoms with Crippen molar-refractivity contribution in [2.45, 2.75) is 0 Å². The van der Waals surface area contributed by atoms with E-state index in [-0.39, 0.29) is 0 Å². The van der Waals surface area contributed by atoms with E-state index in [4.69, 9.17) is 0 Å². The van der Waals surface area contributed by atoms with E-state index in [0.29, 0.717) is 0 Å². The Hall–Kier alpha value is -5.74. The fraction of sp³-hybridized carbons (Fsp3) is 0. The van der Waals surface area contributed by atoms with E-state index in [2.05, 4.69) is 59.5 Å². The molecule has 0 aliphatic heterocycles. The lowest BCUT2D eigenvalue weighted by molar-refractivity contribution is 1.65. The Morgan fingerprint density at radius 1 is 0.318 bits per heavy atom. The Labute approximate surface area is 265 Å². The van der Waals surface area contributed by atoms with Crippen LogP contribution in [0.5, 0.6) is 0 Å². The third-order valence-corrected chi connectivity index (χ3v) is 9.01. The van der Waals surface area contributed by atoms with Crippen LogP contribution in [-0.2, 0) is 0 Å². The van der Waals surface area contributed by atoms with Gasteiger partial charge in [-0.15, -0.1) is 22.7 Å². The van der Waals surface area contributed by atoms with Crippen molar-refractivity contribution < 1.29 is 0 Å². The van der Waals surface area contributed by atoms with E-state index in [9.17, 15) is 0 Å². The molecule has 0 radical (unpaired) electrons. The van der Waals surface area contributed by atoms with E-state index < -0.39 is 0 Å². The fourth-order valence-corrected chi connectivity index (χ4v) is 6.83. The minimum absolute atomic E-state index is 0.974. The Balaban J connectivity index is 1.48.